The fourth-order valence-electron chi connectivity index (χ4n) is 16.2. The van der Waals surface area contributed by atoms with Crippen molar-refractivity contribution in [1.29, 1.82) is 0 Å². The Bertz CT molecular complexity index is 4060. The lowest BCUT2D eigenvalue weighted by atomic mass is 9.43. The zero-order valence-electron chi connectivity index (χ0n) is 41.4. The number of para-hydroxylation sites is 1. The van der Waals surface area contributed by atoms with Gasteiger partial charge in [-0.15, -0.1) is 11.3 Å². The van der Waals surface area contributed by atoms with Crippen LogP contribution in [0.25, 0.3) is 86.6 Å². The van der Waals surface area contributed by atoms with Gasteiger partial charge in [-0.05, 0) is 175 Å². The Morgan fingerprint density at radius 2 is 0.986 bits per heavy atom. The molecule has 350 valence electrons. The summed E-state index contributed by atoms with van der Waals surface area (Å²) in [6.07, 6.45) is 6.91. The third kappa shape index (κ3) is 5.85. The average Bonchev–Trinajstić information content (AvgIpc) is 4.11. The van der Waals surface area contributed by atoms with Crippen LogP contribution < -0.4 is 4.90 Å². The van der Waals surface area contributed by atoms with Crippen molar-refractivity contribution < 1.29 is 0 Å². The normalized spacial score (nSPS) is 21.5. The first-order valence-electron chi connectivity index (χ1n) is 26.8. The highest BCUT2D eigenvalue weighted by molar-refractivity contribution is 7.26. The van der Waals surface area contributed by atoms with Gasteiger partial charge >= 0.3 is 0 Å². The van der Waals surface area contributed by atoms with Gasteiger partial charge in [0.25, 0.3) is 0 Å². The Balaban J connectivity index is 0.889. The molecule has 0 saturated heterocycles. The number of nitrogens with zero attached hydrogens (tertiary/aromatic N) is 1. The van der Waals surface area contributed by atoms with Gasteiger partial charge in [-0.3, -0.25) is 0 Å². The largest absolute Gasteiger partial charge is 0.310 e. The van der Waals surface area contributed by atoms with Crippen LogP contribution in [0.5, 0.6) is 0 Å². The SMILES string of the molecule is CC1(C)c2ccccc2-c2cccc(-c3ccccc3-c3ccc(N(c4ccc5c(c4)C4(c6ccccc6-5)C5CC6CC(C5)CC4C6)c4ccccc4-c4cccc5sc6c7ccccc7ccc6c45)cc3)c21. The van der Waals surface area contributed by atoms with Crippen molar-refractivity contribution >= 4 is 59.3 Å². The zero-order chi connectivity index (χ0) is 48.2. The van der Waals surface area contributed by atoms with Crippen molar-refractivity contribution in [3.63, 3.8) is 0 Å². The molecule has 0 unspecified atom stereocenters. The predicted molar refractivity (Wildman–Crippen MR) is 309 cm³/mol. The second kappa shape index (κ2) is 15.5. The summed E-state index contributed by atoms with van der Waals surface area (Å²) in [6.45, 7) is 4.80. The first kappa shape index (κ1) is 42.0. The monoisotopic (exact) mass is 953 g/mol. The molecule has 4 saturated carbocycles. The molecule has 11 aromatic rings. The highest BCUT2D eigenvalue weighted by Gasteiger charge is 2.61. The average molecular weight is 954 g/mol. The Morgan fingerprint density at radius 1 is 0.411 bits per heavy atom. The van der Waals surface area contributed by atoms with E-state index in [9.17, 15) is 0 Å². The van der Waals surface area contributed by atoms with E-state index < -0.39 is 0 Å². The first-order valence-corrected chi connectivity index (χ1v) is 27.7. The molecule has 1 nitrogen and oxygen atoms in total. The number of fused-ring (bicyclic) bond motifs is 11. The van der Waals surface area contributed by atoms with E-state index in [0.29, 0.717) is 11.8 Å². The second-order valence-corrected chi connectivity index (χ2v) is 23.8. The molecule has 1 aromatic heterocycles. The number of thiophene rings is 1. The van der Waals surface area contributed by atoms with E-state index >= 15 is 0 Å². The summed E-state index contributed by atoms with van der Waals surface area (Å²) < 4.78 is 2.68. The first-order chi connectivity index (χ1) is 35.9. The van der Waals surface area contributed by atoms with Gasteiger partial charge < -0.3 is 4.90 Å². The maximum absolute atomic E-state index is 2.67. The van der Waals surface area contributed by atoms with E-state index in [0.717, 1.165) is 17.5 Å². The van der Waals surface area contributed by atoms with Crippen LogP contribution in [0.1, 0.15) is 68.2 Å². The van der Waals surface area contributed by atoms with Gasteiger partial charge in [0.1, 0.15) is 0 Å². The lowest BCUT2D eigenvalue weighted by Crippen LogP contribution is -2.55. The lowest BCUT2D eigenvalue weighted by Gasteiger charge is -2.61. The number of rotatable bonds is 6. The Kier molecular flexibility index (Phi) is 8.92. The molecule has 0 N–H and O–H groups in total. The molecule has 1 heterocycles. The summed E-state index contributed by atoms with van der Waals surface area (Å²) in [7, 11) is 0. The van der Waals surface area contributed by atoms with Gasteiger partial charge in [0, 0.05) is 47.9 Å². The summed E-state index contributed by atoms with van der Waals surface area (Å²) in [5.74, 6) is 3.15. The van der Waals surface area contributed by atoms with Crippen LogP contribution in [-0.4, -0.2) is 0 Å². The third-order valence-corrected chi connectivity index (χ3v) is 20.1. The topological polar surface area (TPSA) is 3.24 Å². The number of hydrogen-bond acceptors (Lipinski definition) is 2. The molecule has 17 rings (SSSR count). The quantitative estimate of drug-likeness (QED) is 0.161. The smallest absolute Gasteiger partial charge is 0.0540 e. The van der Waals surface area contributed by atoms with Gasteiger partial charge in [0.15, 0.2) is 0 Å². The van der Waals surface area contributed by atoms with Crippen molar-refractivity contribution in [3.8, 4) is 55.6 Å². The third-order valence-electron chi connectivity index (χ3n) is 18.9. The zero-order valence-corrected chi connectivity index (χ0v) is 42.2. The minimum absolute atomic E-state index is 0.0611. The van der Waals surface area contributed by atoms with Crippen molar-refractivity contribution in [2.45, 2.75) is 56.8 Å². The van der Waals surface area contributed by atoms with E-state index in [-0.39, 0.29) is 10.8 Å². The number of benzene rings is 10. The summed E-state index contributed by atoms with van der Waals surface area (Å²) >= 11 is 1.93. The van der Waals surface area contributed by atoms with Crippen LogP contribution in [0.15, 0.2) is 212 Å². The molecule has 6 aliphatic rings. The van der Waals surface area contributed by atoms with Crippen LogP contribution >= 0.6 is 11.3 Å². The summed E-state index contributed by atoms with van der Waals surface area (Å²) in [6, 6.07) is 81.4. The van der Waals surface area contributed by atoms with E-state index in [2.05, 4.69) is 231 Å². The lowest BCUT2D eigenvalue weighted by molar-refractivity contribution is -0.0399. The minimum Gasteiger partial charge on any atom is -0.310 e. The molecular weight excluding hydrogens is 899 g/mol. The molecule has 6 aliphatic carbocycles. The van der Waals surface area contributed by atoms with Crippen LogP contribution in [0, 0.1) is 23.7 Å². The van der Waals surface area contributed by atoms with Gasteiger partial charge in [-0.25, -0.2) is 0 Å². The van der Waals surface area contributed by atoms with E-state index in [1.807, 2.05) is 11.3 Å². The second-order valence-electron chi connectivity index (χ2n) is 22.7. The van der Waals surface area contributed by atoms with Gasteiger partial charge in [-0.2, -0.15) is 0 Å². The Labute approximate surface area is 432 Å². The molecule has 1 spiro atoms. The highest BCUT2D eigenvalue weighted by Crippen LogP contribution is 2.70. The number of hydrogen-bond donors (Lipinski definition) is 0. The molecule has 10 aromatic carbocycles. The minimum atomic E-state index is -0.118. The van der Waals surface area contributed by atoms with E-state index in [1.54, 1.807) is 11.1 Å². The predicted octanol–water partition coefficient (Wildman–Crippen LogP) is 19.7. The van der Waals surface area contributed by atoms with Crippen molar-refractivity contribution in [1.82, 2.24) is 0 Å². The molecular formula is C71H55NS. The molecule has 0 aliphatic heterocycles. The van der Waals surface area contributed by atoms with Crippen LogP contribution in [0.4, 0.5) is 17.1 Å². The summed E-state index contributed by atoms with van der Waals surface area (Å²) in [5.41, 5.74) is 22.7. The summed E-state index contributed by atoms with van der Waals surface area (Å²) in [5, 5.41) is 5.28. The molecule has 73 heavy (non-hydrogen) atoms. The van der Waals surface area contributed by atoms with E-state index in [4.69, 9.17) is 0 Å². The molecule has 0 amide bonds. The maximum Gasteiger partial charge on any atom is 0.0540 e. The van der Waals surface area contributed by atoms with Crippen LogP contribution in [0.3, 0.4) is 0 Å². The molecule has 4 fully saturated rings. The molecule has 0 radical (unpaired) electrons. The maximum atomic E-state index is 2.67. The standard InChI is InChI=1S/C71H55NS/c1-70(2)62-25-10-7-20-55(62)60-24-13-23-59(68(60)70)53-18-6-5-16-51(53)46-29-32-49(33-30-46)72(50-34-36-56-54-19-8-11-26-63(54)71(64(56)42-50)47-38-43-37-44(40-47)41-48(71)39-43)65-27-12-9-21-57(65)58-22-14-28-66-67(58)61-35-31-45-15-3-4-17-52(45)69(61)73-66/h3-36,42-44,47-48H,37-41H2,1-2H3. The fraction of sp³-hybridized carbons (Fsp3) is 0.183. The van der Waals surface area contributed by atoms with E-state index in [1.165, 1.54) is 141 Å². The van der Waals surface area contributed by atoms with Crippen molar-refractivity contribution in [2.24, 2.45) is 23.7 Å². The highest BCUT2D eigenvalue weighted by atomic mass is 32.1. The molecule has 2 heteroatoms. The Morgan fingerprint density at radius 3 is 1.77 bits per heavy atom. The fourth-order valence-corrected chi connectivity index (χ4v) is 17.5. The van der Waals surface area contributed by atoms with Crippen LogP contribution in [0.2, 0.25) is 0 Å². The van der Waals surface area contributed by atoms with Gasteiger partial charge in [0.05, 0.1) is 5.69 Å². The molecule has 0 atom stereocenters. The van der Waals surface area contributed by atoms with Crippen LogP contribution in [-0.2, 0) is 10.8 Å². The van der Waals surface area contributed by atoms with Gasteiger partial charge in [-0.1, -0.05) is 190 Å². The van der Waals surface area contributed by atoms with Crippen molar-refractivity contribution in [2.75, 3.05) is 4.90 Å². The van der Waals surface area contributed by atoms with Crippen molar-refractivity contribution in [3.05, 3.63) is 235 Å². The Hall–Kier alpha value is -7.52. The summed E-state index contributed by atoms with van der Waals surface area (Å²) in [4.78, 5) is 2.60. The number of anilines is 3. The molecule has 4 bridgehead atoms. The van der Waals surface area contributed by atoms with Gasteiger partial charge in [0.2, 0.25) is 0 Å².